The first-order chi connectivity index (χ1) is 9.74. The van der Waals surface area contributed by atoms with Gasteiger partial charge in [-0.1, -0.05) is 6.07 Å². The molecule has 0 aliphatic rings. The number of hydrogen-bond acceptors (Lipinski definition) is 4. The topological polar surface area (TPSA) is 119 Å². The van der Waals surface area contributed by atoms with E-state index < -0.39 is 23.3 Å². The van der Waals surface area contributed by atoms with Gasteiger partial charge in [0.05, 0.1) is 17.0 Å². The van der Waals surface area contributed by atoms with Crippen molar-refractivity contribution >= 4 is 23.6 Å². The Balaban J connectivity index is 2.60. The first-order valence-corrected chi connectivity index (χ1v) is 6.09. The molecule has 0 bridgehead atoms. The Morgan fingerprint density at radius 3 is 2.57 bits per heavy atom. The minimum atomic E-state index is -1.26. The molecule has 0 aliphatic heterocycles. The zero-order valence-corrected chi connectivity index (χ0v) is 11.6. The average Bonchev–Trinajstić information content (AvgIpc) is 2.37. The van der Waals surface area contributed by atoms with E-state index in [1.165, 1.54) is 19.9 Å². The van der Waals surface area contributed by atoms with E-state index in [0.717, 1.165) is 0 Å². The Bertz CT molecular complexity index is 617. The molecule has 21 heavy (non-hydrogen) atoms. The highest BCUT2D eigenvalue weighted by atomic mass is 16.4. The van der Waals surface area contributed by atoms with Gasteiger partial charge in [0.25, 0.3) is 0 Å². The molecule has 0 spiro atoms. The second-order valence-corrected chi connectivity index (χ2v) is 5.06. The molecule has 1 rings (SSSR count). The number of anilines is 1. The Hall–Kier alpha value is -2.88. The van der Waals surface area contributed by atoms with E-state index in [1.54, 1.807) is 18.2 Å². The number of hydrogen-bond donors (Lipinski definition) is 3. The van der Waals surface area contributed by atoms with E-state index in [0.29, 0.717) is 11.3 Å². The van der Waals surface area contributed by atoms with Gasteiger partial charge in [0.15, 0.2) is 0 Å². The number of nitrogens with zero attached hydrogens (tertiary/aromatic N) is 1. The standard InChI is InChI=1S/C14H15N3O4/c1-14(2,12(19)20)7-11(18)17-13(21)16-10-5-3-4-9(6-10)8-15/h3-6H,7H2,1-2H3,(H,19,20)(H2,16,17,18,21). The molecule has 0 saturated heterocycles. The lowest BCUT2D eigenvalue weighted by molar-refractivity contribution is -0.149. The SMILES string of the molecule is CC(C)(CC(=O)NC(=O)Nc1cccc(C#N)c1)C(=O)O. The van der Waals surface area contributed by atoms with E-state index >= 15 is 0 Å². The van der Waals surface area contributed by atoms with E-state index in [9.17, 15) is 14.4 Å². The molecule has 7 heteroatoms. The van der Waals surface area contributed by atoms with Gasteiger partial charge in [-0.15, -0.1) is 0 Å². The van der Waals surface area contributed by atoms with Crippen LogP contribution in [-0.4, -0.2) is 23.0 Å². The van der Waals surface area contributed by atoms with Crippen molar-refractivity contribution in [1.82, 2.24) is 5.32 Å². The predicted molar refractivity (Wildman–Crippen MR) is 74.4 cm³/mol. The molecule has 3 amide bonds. The van der Waals surface area contributed by atoms with Crippen molar-refractivity contribution in [3.8, 4) is 6.07 Å². The minimum absolute atomic E-state index is 0.325. The first kappa shape index (κ1) is 16.2. The van der Waals surface area contributed by atoms with Crippen molar-refractivity contribution in [2.24, 2.45) is 5.41 Å². The largest absolute Gasteiger partial charge is 0.481 e. The maximum Gasteiger partial charge on any atom is 0.325 e. The summed E-state index contributed by atoms with van der Waals surface area (Å²) < 4.78 is 0. The fourth-order valence-corrected chi connectivity index (χ4v) is 1.48. The van der Waals surface area contributed by atoms with Crippen LogP contribution in [0.3, 0.4) is 0 Å². The van der Waals surface area contributed by atoms with Gasteiger partial charge >= 0.3 is 12.0 Å². The van der Waals surface area contributed by atoms with Crippen LogP contribution in [0, 0.1) is 16.7 Å². The number of nitrogens with one attached hydrogen (secondary N) is 2. The summed E-state index contributed by atoms with van der Waals surface area (Å²) in [6.45, 7) is 2.78. The number of urea groups is 1. The first-order valence-electron chi connectivity index (χ1n) is 6.09. The number of nitriles is 1. The molecular formula is C14H15N3O4. The summed E-state index contributed by atoms with van der Waals surface area (Å²) in [6, 6.07) is 7.31. The van der Waals surface area contributed by atoms with Crippen LogP contribution in [0.2, 0.25) is 0 Å². The number of benzene rings is 1. The lowest BCUT2D eigenvalue weighted by atomic mass is 9.89. The summed E-state index contributed by atoms with van der Waals surface area (Å²) in [6.07, 6.45) is -0.325. The Morgan fingerprint density at radius 1 is 1.33 bits per heavy atom. The number of carbonyl (C=O) groups excluding carboxylic acids is 2. The summed E-state index contributed by atoms with van der Waals surface area (Å²) in [4.78, 5) is 34.1. The maximum absolute atomic E-state index is 11.6. The lowest BCUT2D eigenvalue weighted by Crippen LogP contribution is -2.38. The molecule has 0 fully saturated rings. The summed E-state index contributed by atoms with van der Waals surface area (Å²) in [5.41, 5.74) is -0.534. The number of amides is 3. The highest BCUT2D eigenvalue weighted by Gasteiger charge is 2.30. The van der Waals surface area contributed by atoms with Crippen molar-refractivity contribution in [2.75, 3.05) is 5.32 Å². The van der Waals surface area contributed by atoms with Gasteiger partial charge in [-0.3, -0.25) is 14.9 Å². The van der Waals surface area contributed by atoms with Crippen LogP contribution >= 0.6 is 0 Å². The average molecular weight is 289 g/mol. The van der Waals surface area contributed by atoms with Gasteiger partial charge < -0.3 is 10.4 Å². The van der Waals surface area contributed by atoms with Crippen molar-refractivity contribution < 1.29 is 19.5 Å². The molecule has 0 saturated carbocycles. The third kappa shape index (κ3) is 4.95. The molecule has 0 atom stereocenters. The fraction of sp³-hybridized carbons (Fsp3) is 0.286. The zero-order chi connectivity index (χ0) is 16.0. The van der Waals surface area contributed by atoms with E-state index in [-0.39, 0.29) is 6.42 Å². The molecule has 0 radical (unpaired) electrons. The van der Waals surface area contributed by atoms with E-state index in [2.05, 4.69) is 5.32 Å². The van der Waals surface area contributed by atoms with Crippen molar-refractivity contribution in [1.29, 1.82) is 5.26 Å². The number of imide groups is 1. The molecule has 0 unspecified atom stereocenters. The highest BCUT2D eigenvalue weighted by Crippen LogP contribution is 2.20. The molecule has 1 aromatic rings. The number of carboxylic acid groups (broad SMARTS) is 1. The van der Waals surface area contributed by atoms with Crippen molar-refractivity contribution in [3.63, 3.8) is 0 Å². The summed E-state index contributed by atoms with van der Waals surface area (Å²) in [7, 11) is 0. The Labute approximate surface area is 121 Å². The summed E-state index contributed by atoms with van der Waals surface area (Å²) >= 11 is 0. The smallest absolute Gasteiger partial charge is 0.325 e. The number of carboxylic acids is 1. The minimum Gasteiger partial charge on any atom is -0.481 e. The quantitative estimate of drug-likeness (QED) is 0.779. The second-order valence-electron chi connectivity index (χ2n) is 5.06. The second kappa shape index (κ2) is 6.52. The predicted octanol–water partition coefficient (Wildman–Crippen LogP) is 1.71. The Kier molecular flexibility index (Phi) is 5.02. The molecule has 0 aliphatic carbocycles. The van der Waals surface area contributed by atoms with Crippen LogP contribution < -0.4 is 10.6 Å². The number of aliphatic carboxylic acids is 1. The van der Waals surface area contributed by atoms with Crippen LogP contribution in [0.1, 0.15) is 25.8 Å². The van der Waals surface area contributed by atoms with Crippen LogP contribution in [0.5, 0.6) is 0 Å². The molecule has 7 nitrogen and oxygen atoms in total. The van der Waals surface area contributed by atoms with Crippen LogP contribution in [0.4, 0.5) is 10.5 Å². The zero-order valence-electron chi connectivity index (χ0n) is 11.6. The lowest BCUT2D eigenvalue weighted by Gasteiger charge is -2.17. The number of carbonyl (C=O) groups is 3. The fourth-order valence-electron chi connectivity index (χ4n) is 1.48. The highest BCUT2D eigenvalue weighted by molar-refractivity contribution is 6.02. The molecule has 1 aromatic carbocycles. The van der Waals surface area contributed by atoms with E-state index in [4.69, 9.17) is 10.4 Å². The monoisotopic (exact) mass is 289 g/mol. The summed E-state index contributed by atoms with van der Waals surface area (Å²) in [5, 5.41) is 22.1. The van der Waals surface area contributed by atoms with Gasteiger partial charge in [0.2, 0.25) is 5.91 Å². The van der Waals surface area contributed by atoms with Gasteiger partial charge in [0, 0.05) is 12.1 Å². The van der Waals surface area contributed by atoms with Crippen molar-refractivity contribution in [3.05, 3.63) is 29.8 Å². The molecule has 0 aromatic heterocycles. The third-order valence-corrected chi connectivity index (χ3v) is 2.68. The normalized spacial score (nSPS) is 10.3. The van der Waals surface area contributed by atoms with Gasteiger partial charge in [-0.05, 0) is 32.0 Å². The van der Waals surface area contributed by atoms with Crippen LogP contribution in [0.15, 0.2) is 24.3 Å². The number of rotatable bonds is 4. The van der Waals surface area contributed by atoms with Gasteiger partial charge in [-0.2, -0.15) is 5.26 Å². The molecule has 0 heterocycles. The Morgan fingerprint density at radius 2 is 2.00 bits per heavy atom. The molecular weight excluding hydrogens is 274 g/mol. The van der Waals surface area contributed by atoms with Crippen molar-refractivity contribution in [2.45, 2.75) is 20.3 Å². The maximum atomic E-state index is 11.6. The van der Waals surface area contributed by atoms with Crippen LogP contribution in [0.25, 0.3) is 0 Å². The summed E-state index contributed by atoms with van der Waals surface area (Å²) in [5.74, 6) is -1.82. The van der Waals surface area contributed by atoms with Gasteiger partial charge in [0.1, 0.15) is 0 Å². The third-order valence-electron chi connectivity index (χ3n) is 2.68. The molecule has 110 valence electrons. The van der Waals surface area contributed by atoms with E-state index in [1.807, 2.05) is 11.4 Å². The van der Waals surface area contributed by atoms with Crippen LogP contribution in [-0.2, 0) is 9.59 Å². The van der Waals surface area contributed by atoms with Gasteiger partial charge in [-0.25, -0.2) is 4.79 Å². The molecule has 3 N–H and O–H groups in total.